The summed E-state index contributed by atoms with van der Waals surface area (Å²) in [6.45, 7) is 4.98. The van der Waals surface area contributed by atoms with Gasteiger partial charge in [0, 0.05) is 23.8 Å². The van der Waals surface area contributed by atoms with Crippen LogP contribution in [0.15, 0.2) is 17.0 Å². The van der Waals surface area contributed by atoms with Gasteiger partial charge in [0.1, 0.15) is 0 Å². The highest BCUT2D eigenvalue weighted by atomic mass is 35.5. The van der Waals surface area contributed by atoms with Gasteiger partial charge in [-0.25, -0.2) is 8.42 Å². The summed E-state index contributed by atoms with van der Waals surface area (Å²) in [5.41, 5.74) is 6.83. The van der Waals surface area contributed by atoms with Crippen molar-refractivity contribution >= 4 is 27.3 Å². The molecular formula is C14H21ClN2O2S. The van der Waals surface area contributed by atoms with Crippen molar-refractivity contribution in [3.8, 4) is 0 Å². The highest BCUT2D eigenvalue weighted by Crippen LogP contribution is 2.31. The van der Waals surface area contributed by atoms with Gasteiger partial charge in [0.15, 0.2) is 0 Å². The molecule has 1 saturated heterocycles. The molecule has 20 heavy (non-hydrogen) atoms. The van der Waals surface area contributed by atoms with Gasteiger partial charge in [-0.1, -0.05) is 24.9 Å². The summed E-state index contributed by atoms with van der Waals surface area (Å²) in [7, 11) is -3.51. The predicted molar refractivity (Wildman–Crippen MR) is 82.4 cm³/mol. The van der Waals surface area contributed by atoms with Gasteiger partial charge in [0.25, 0.3) is 0 Å². The topological polar surface area (TPSA) is 63.4 Å². The van der Waals surface area contributed by atoms with Crippen LogP contribution in [-0.2, 0) is 10.0 Å². The number of nitrogen functional groups attached to an aromatic ring is 1. The molecule has 2 N–H and O–H groups in total. The quantitative estimate of drug-likeness (QED) is 0.872. The van der Waals surface area contributed by atoms with Crippen molar-refractivity contribution in [1.82, 2.24) is 4.31 Å². The third-order valence-electron chi connectivity index (χ3n) is 4.04. The summed E-state index contributed by atoms with van der Waals surface area (Å²) in [5.74, 6) is 0.440. The second-order valence-electron chi connectivity index (χ2n) is 5.40. The van der Waals surface area contributed by atoms with Crippen molar-refractivity contribution in [3.63, 3.8) is 0 Å². The van der Waals surface area contributed by atoms with Crippen molar-refractivity contribution in [2.75, 3.05) is 18.8 Å². The Labute approximate surface area is 126 Å². The maximum absolute atomic E-state index is 12.8. The number of hydrogen-bond donors (Lipinski definition) is 1. The summed E-state index contributed by atoms with van der Waals surface area (Å²) in [5, 5.41) is 0.357. The van der Waals surface area contributed by atoms with E-state index in [-0.39, 0.29) is 4.90 Å². The molecule has 1 unspecified atom stereocenters. The molecule has 0 bridgehead atoms. The van der Waals surface area contributed by atoms with Crippen molar-refractivity contribution in [2.24, 2.45) is 5.92 Å². The molecule has 6 heteroatoms. The van der Waals surface area contributed by atoms with E-state index in [2.05, 4.69) is 6.92 Å². The van der Waals surface area contributed by atoms with Crippen LogP contribution in [0.3, 0.4) is 0 Å². The number of nitrogens with two attached hydrogens (primary N) is 1. The molecule has 0 aliphatic carbocycles. The monoisotopic (exact) mass is 316 g/mol. The Kier molecular flexibility index (Phi) is 4.62. The van der Waals surface area contributed by atoms with Crippen LogP contribution in [0.2, 0.25) is 5.02 Å². The molecule has 1 aromatic carbocycles. The normalized spacial score (nSPS) is 21.1. The zero-order valence-electron chi connectivity index (χ0n) is 11.9. The zero-order chi connectivity index (χ0) is 14.9. The fourth-order valence-corrected chi connectivity index (χ4v) is 4.79. The van der Waals surface area contributed by atoms with Crippen LogP contribution in [0.5, 0.6) is 0 Å². The summed E-state index contributed by atoms with van der Waals surface area (Å²) >= 11 is 5.96. The van der Waals surface area contributed by atoms with Gasteiger partial charge in [-0.05, 0) is 43.4 Å². The Morgan fingerprint density at radius 3 is 2.80 bits per heavy atom. The Morgan fingerprint density at radius 1 is 1.45 bits per heavy atom. The first-order valence-electron chi connectivity index (χ1n) is 6.92. The third-order valence-corrected chi connectivity index (χ3v) is 6.25. The van der Waals surface area contributed by atoms with Crippen molar-refractivity contribution in [3.05, 3.63) is 22.7 Å². The first kappa shape index (κ1) is 15.6. The fourth-order valence-electron chi connectivity index (χ4n) is 2.66. The van der Waals surface area contributed by atoms with Crippen LogP contribution in [0.25, 0.3) is 0 Å². The predicted octanol–water partition coefficient (Wildman–Crippen LogP) is 3.04. The second kappa shape index (κ2) is 5.92. The molecule has 1 atom stereocenters. The first-order chi connectivity index (χ1) is 9.36. The molecule has 1 aliphatic heterocycles. The number of hydrogen-bond acceptors (Lipinski definition) is 3. The highest BCUT2D eigenvalue weighted by Gasteiger charge is 2.31. The number of anilines is 1. The summed E-state index contributed by atoms with van der Waals surface area (Å²) in [4.78, 5) is 0.235. The molecule has 1 aromatic rings. The van der Waals surface area contributed by atoms with Crippen LogP contribution in [0, 0.1) is 12.8 Å². The number of nitrogens with zero attached hydrogens (tertiary/aromatic N) is 1. The second-order valence-corrected chi connectivity index (χ2v) is 7.74. The molecule has 0 aromatic heterocycles. The minimum Gasteiger partial charge on any atom is -0.398 e. The first-order valence-corrected chi connectivity index (χ1v) is 8.73. The van der Waals surface area contributed by atoms with Gasteiger partial charge >= 0.3 is 0 Å². The fraction of sp³-hybridized carbons (Fsp3) is 0.571. The molecule has 0 spiro atoms. The molecule has 0 saturated carbocycles. The van der Waals surface area contributed by atoms with E-state index >= 15 is 0 Å². The van der Waals surface area contributed by atoms with E-state index in [0.29, 0.717) is 35.3 Å². The minimum atomic E-state index is -3.51. The molecule has 1 aliphatic rings. The van der Waals surface area contributed by atoms with Crippen LogP contribution in [0.1, 0.15) is 31.7 Å². The largest absolute Gasteiger partial charge is 0.398 e. The number of sulfonamides is 1. The van der Waals surface area contributed by atoms with E-state index in [1.807, 2.05) is 0 Å². The SMILES string of the molecule is CCC1CCCN(S(=O)(=O)c2cc(Cl)cc(N)c2C)C1. The zero-order valence-corrected chi connectivity index (χ0v) is 13.5. The molecule has 4 nitrogen and oxygen atoms in total. The van der Waals surface area contributed by atoms with E-state index in [1.54, 1.807) is 17.3 Å². The average Bonchev–Trinajstić information content (AvgIpc) is 2.42. The van der Waals surface area contributed by atoms with Gasteiger partial charge in [0.05, 0.1) is 4.90 Å². The van der Waals surface area contributed by atoms with Gasteiger partial charge in [-0.2, -0.15) is 4.31 Å². The lowest BCUT2D eigenvalue weighted by molar-refractivity contribution is 0.261. The Bertz CT molecular complexity index is 601. The van der Waals surface area contributed by atoms with E-state index < -0.39 is 10.0 Å². The smallest absolute Gasteiger partial charge is 0.243 e. The lowest BCUT2D eigenvalue weighted by Crippen LogP contribution is -2.40. The molecular weight excluding hydrogens is 296 g/mol. The van der Waals surface area contributed by atoms with Crippen molar-refractivity contribution < 1.29 is 8.42 Å². The summed E-state index contributed by atoms with van der Waals surface area (Å²) < 4.78 is 27.1. The summed E-state index contributed by atoms with van der Waals surface area (Å²) in [6.07, 6.45) is 3.01. The minimum absolute atomic E-state index is 0.235. The average molecular weight is 317 g/mol. The molecule has 1 heterocycles. The molecule has 112 valence electrons. The Morgan fingerprint density at radius 2 is 2.15 bits per heavy atom. The summed E-state index contributed by atoms with van der Waals surface area (Å²) in [6, 6.07) is 3.08. The number of piperidine rings is 1. The lowest BCUT2D eigenvalue weighted by atomic mass is 9.97. The van der Waals surface area contributed by atoms with Gasteiger partial charge in [0.2, 0.25) is 10.0 Å². The van der Waals surface area contributed by atoms with Gasteiger partial charge < -0.3 is 5.73 Å². The maximum Gasteiger partial charge on any atom is 0.243 e. The van der Waals surface area contributed by atoms with E-state index in [4.69, 9.17) is 17.3 Å². The van der Waals surface area contributed by atoms with Crippen LogP contribution in [-0.4, -0.2) is 25.8 Å². The molecule has 2 rings (SSSR count). The third kappa shape index (κ3) is 2.95. The van der Waals surface area contributed by atoms with E-state index in [0.717, 1.165) is 19.3 Å². The number of halogens is 1. The van der Waals surface area contributed by atoms with Crippen LogP contribution >= 0.6 is 11.6 Å². The lowest BCUT2D eigenvalue weighted by Gasteiger charge is -2.32. The Balaban J connectivity index is 2.40. The molecule has 1 fully saturated rings. The van der Waals surface area contributed by atoms with Crippen molar-refractivity contribution in [2.45, 2.75) is 38.0 Å². The molecule has 0 amide bonds. The number of benzene rings is 1. The highest BCUT2D eigenvalue weighted by molar-refractivity contribution is 7.89. The molecule has 0 radical (unpaired) electrons. The maximum atomic E-state index is 12.8. The van der Waals surface area contributed by atoms with Crippen LogP contribution < -0.4 is 5.73 Å². The van der Waals surface area contributed by atoms with Crippen LogP contribution in [0.4, 0.5) is 5.69 Å². The van der Waals surface area contributed by atoms with Crippen molar-refractivity contribution in [1.29, 1.82) is 0 Å². The number of rotatable bonds is 3. The standard InChI is InChI=1S/C14H21ClN2O2S/c1-3-11-5-4-6-17(9-11)20(18,19)14-8-12(15)7-13(16)10(14)2/h7-8,11H,3-6,9,16H2,1-2H3. The van der Waals surface area contributed by atoms with Gasteiger partial charge in [-0.15, -0.1) is 0 Å². The van der Waals surface area contributed by atoms with Gasteiger partial charge in [-0.3, -0.25) is 0 Å². The van der Waals surface area contributed by atoms with E-state index in [9.17, 15) is 8.42 Å². The Hall–Kier alpha value is -0.780. The van der Waals surface area contributed by atoms with E-state index in [1.165, 1.54) is 6.07 Å².